The average molecular weight is 354 g/mol. The Morgan fingerprint density at radius 1 is 1.08 bits per heavy atom. The second-order valence-corrected chi connectivity index (χ2v) is 7.12. The normalized spacial score (nSPS) is 11.1. The number of benzene rings is 2. The van der Waals surface area contributed by atoms with Gasteiger partial charge in [0.25, 0.3) is 5.91 Å². The summed E-state index contributed by atoms with van der Waals surface area (Å²) in [6.45, 7) is -0.155. The lowest BCUT2D eigenvalue weighted by Crippen LogP contribution is -2.35. The maximum absolute atomic E-state index is 13.1. The molecule has 0 saturated heterocycles. The predicted molar refractivity (Wildman–Crippen MR) is 87.3 cm³/mol. The van der Waals surface area contributed by atoms with Crippen LogP contribution in [0.2, 0.25) is 0 Å². The molecule has 5 nitrogen and oxygen atoms in total. The maximum Gasteiger partial charge on any atom is 0.251 e. The average Bonchev–Trinajstić information content (AvgIpc) is 2.57. The van der Waals surface area contributed by atoms with Crippen molar-refractivity contribution in [2.24, 2.45) is 0 Å². The van der Waals surface area contributed by atoms with Gasteiger partial charge in [-0.2, -0.15) is 0 Å². The minimum atomic E-state index is -3.62. The highest BCUT2D eigenvalue weighted by Crippen LogP contribution is 2.15. The van der Waals surface area contributed by atoms with Gasteiger partial charge in [-0.1, -0.05) is 18.2 Å². The zero-order chi connectivity index (χ0) is 17.7. The van der Waals surface area contributed by atoms with Gasteiger partial charge in [-0.15, -0.1) is 0 Å². The number of nitrogens with zero attached hydrogens (tertiary/aromatic N) is 1. The van der Waals surface area contributed by atoms with Gasteiger partial charge in [-0.3, -0.25) is 9.10 Å². The fraction of sp³-hybridized carbons (Fsp3) is 0.188. The summed E-state index contributed by atoms with van der Waals surface area (Å²) in [5.74, 6) is -3.20. The first kappa shape index (κ1) is 17.9. The zero-order valence-electron chi connectivity index (χ0n) is 12.9. The van der Waals surface area contributed by atoms with Crippen LogP contribution in [0.25, 0.3) is 0 Å². The van der Waals surface area contributed by atoms with Crippen LogP contribution in [0.4, 0.5) is 14.5 Å². The fourth-order valence-corrected chi connectivity index (χ4v) is 3.05. The lowest BCUT2D eigenvalue weighted by Gasteiger charge is -2.19. The molecule has 0 aliphatic carbocycles. The minimum Gasteiger partial charge on any atom is -0.351 e. The number of sulfonamides is 1. The quantitative estimate of drug-likeness (QED) is 0.864. The molecule has 1 amide bonds. The number of hydrogen-bond donors (Lipinski definition) is 1. The highest BCUT2D eigenvalue weighted by Gasteiger charge is 2.18. The number of para-hydroxylation sites is 1. The van der Waals surface area contributed by atoms with Gasteiger partial charge in [0.2, 0.25) is 10.0 Å². The number of anilines is 1. The Morgan fingerprint density at radius 2 is 1.75 bits per heavy atom. The molecular weight excluding hydrogens is 338 g/mol. The molecule has 2 aromatic carbocycles. The Labute approximate surface area is 139 Å². The fourth-order valence-electron chi connectivity index (χ4n) is 1.97. The molecule has 1 N–H and O–H groups in total. The van der Waals surface area contributed by atoms with Gasteiger partial charge < -0.3 is 5.32 Å². The van der Waals surface area contributed by atoms with Crippen molar-refractivity contribution < 1.29 is 22.0 Å². The molecule has 0 aliphatic heterocycles. The number of hydrogen-bond acceptors (Lipinski definition) is 3. The van der Waals surface area contributed by atoms with Crippen LogP contribution in [0.5, 0.6) is 0 Å². The third-order valence-corrected chi connectivity index (χ3v) is 5.13. The second kappa shape index (κ2) is 7.39. The first-order valence-corrected chi connectivity index (χ1v) is 8.67. The third kappa shape index (κ3) is 4.29. The summed E-state index contributed by atoms with van der Waals surface area (Å²) < 4.78 is 51.5. The molecule has 0 saturated carbocycles. The Morgan fingerprint density at radius 3 is 2.38 bits per heavy atom. The van der Waals surface area contributed by atoms with E-state index in [1.807, 2.05) is 0 Å². The van der Waals surface area contributed by atoms with E-state index in [0.29, 0.717) is 5.69 Å². The lowest BCUT2D eigenvalue weighted by molar-refractivity contribution is 0.0955. The second-order valence-electron chi connectivity index (χ2n) is 5.00. The predicted octanol–water partition coefficient (Wildman–Crippen LogP) is 2.16. The monoisotopic (exact) mass is 354 g/mol. The van der Waals surface area contributed by atoms with E-state index < -0.39 is 27.6 Å². The molecule has 0 bridgehead atoms. The molecule has 0 aromatic heterocycles. The van der Waals surface area contributed by atoms with Crippen LogP contribution in [-0.2, 0) is 10.0 Å². The molecule has 24 heavy (non-hydrogen) atoms. The maximum atomic E-state index is 13.1. The molecule has 2 rings (SSSR count). The molecule has 0 fully saturated rings. The van der Waals surface area contributed by atoms with E-state index in [4.69, 9.17) is 0 Å². The summed E-state index contributed by atoms with van der Waals surface area (Å²) in [4.78, 5) is 11.8. The minimum absolute atomic E-state index is 0.0808. The summed E-state index contributed by atoms with van der Waals surface area (Å²) in [5.41, 5.74) is 0.423. The SMILES string of the molecule is CN(c1ccccc1)S(=O)(=O)CCNC(=O)c1ccc(F)c(F)c1. The standard InChI is InChI=1S/C16H16F2N2O3S/c1-20(13-5-3-2-4-6-13)24(22,23)10-9-19-16(21)12-7-8-14(17)15(18)11-12/h2-8,11H,9-10H2,1H3,(H,19,21). The highest BCUT2D eigenvalue weighted by atomic mass is 32.2. The van der Waals surface area contributed by atoms with Crippen LogP contribution < -0.4 is 9.62 Å². The number of carbonyl (C=O) groups excluding carboxylic acids is 1. The van der Waals surface area contributed by atoms with Crippen molar-refractivity contribution in [2.75, 3.05) is 23.7 Å². The molecule has 0 unspecified atom stereocenters. The highest BCUT2D eigenvalue weighted by molar-refractivity contribution is 7.92. The van der Waals surface area contributed by atoms with E-state index >= 15 is 0 Å². The van der Waals surface area contributed by atoms with Crippen LogP contribution in [0.15, 0.2) is 48.5 Å². The van der Waals surface area contributed by atoms with Crippen LogP contribution in [0, 0.1) is 11.6 Å². The zero-order valence-corrected chi connectivity index (χ0v) is 13.7. The van der Waals surface area contributed by atoms with E-state index in [1.165, 1.54) is 7.05 Å². The molecule has 8 heteroatoms. The lowest BCUT2D eigenvalue weighted by atomic mass is 10.2. The number of amides is 1. The van der Waals surface area contributed by atoms with Crippen molar-refractivity contribution in [1.29, 1.82) is 0 Å². The van der Waals surface area contributed by atoms with E-state index in [0.717, 1.165) is 22.5 Å². The van der Waals surface area contributed by atoms with E-state index in [1.54, 1.807) is 30.3 Å². The summed E-state index contributed by atoms with van der Waals surface area (Å²) in [7, 11) is -2.20. The van der Waals surface area contributed by atoms with Crippen LogP contribution in [0.1, 0.15) is 10.4 Å². The van der Waals surface area contributed by atoms with Gasteiger partial charge >= 0.3 is 0 Å². The van der Waals surface area contributed by atoms with Crippen LogP contribution in [0.3, 0.4) is 0 Å². The van der Waals surface area contributed by atoms with Crippen LogP contribution >= 0.6 is 0 Å². The van der Waals surface area contributed by atoms with E-state index in [9.17, 15) is 22.0 Å². The van der Waals surface area contributed by atoms with Crippen molar-refractivity contribution in [3.63, 3.8) is 0 Å². The first-order chi connectivity index (χ1) is 11.3. The van der Waals surface area contributed by atoms with Crippen molar-refractivity contribution in [2.45, 2.75) is 0 Å². The molecule has 0 heterocycles. The van der Waals surface area contributed by atoms with E-state index in [-0.39, 0.29) is 17.9 Å². The largest absolute Gasteiger partial charge is 0.351 e. The molecule has 0 spiro atoms. The Bertz CT molecular complexity index is 826. The van der Waals surface area contributed by atoms with Gasteiger partial charge in [0.1, 0.15) is 0 Å². The summed E-state index contributed by atoms with van der Waals surface area (Å²) in [6.07, 6.45) is 0. The first-order valence-electron chi connectivity index (χ1n) is 7.06. The molecule has 0 radical (unpaired) electrons. The smallest absolute Gasteiger partial charge is 0.251 e. The van der Waals surface area contributed by atoms with E-state index in [2.05, 4.69) is 5.32 Å². The van der Waals surface area contributed by atoms with Crippen molar-refractivity contribution in [1.82, 2.24) is 5.32 Å². The Balaban J connectivity index is 1.95. The molecule has 0 aliphatic rings. The molecule has 0 atom stereocenters. The number of nitrogens with one attached hydrogen (secondary N) is 1. The van der Waals surface area contributed by atoms with Crippen molar-refractivity contribution in [3.8, 4) is 0 Å². The topological polar surface area (TPSA) is 66.5 Å². The Hall–Kier alpha value is -2.48. The summed E-state index contributed by atoms with van der Waals surface area (Å²) in [5, 5.41) is 2.37. The Kier molecular flexibility index (Phi) is 5.50. The molecule has 2 aromatic rings. The van der Waals surface area contributed by atoms with Crippen LogP contribution in [-0.4, -0.2) is 33.7 Å². The third-order valence-electron chi connectivity index (χ3n) is 3.36. The van der Waals surface area contributed by atoms with Gasteiger partial charge in [0.05, 0.1) is 11.4 Å². The summed E-state index contributed by atoms with van der Waals surface area (Å²) >= 11 is 0. The van der Waals surface area contributed by atoms with Gasteiger partial charge in [0.15, 0.2) is 11.6 Å². The van der Waals surface area contributed by atoms with Gasteiger partial charge in [-0.25, -0.2) is 17.2 Å². The number of carbonyl (C=O) groups is 1. The molecule has 128 valence electrons. The van der Waals surface area contributed by atoms with Crippen molar-refractivity contribution in [3.05, 3.63) is 65.7 Å². The number of halogens is 2. The van der Waals surface area contributed by atoms with Gasteiger partial charge in [0, 0.05) is 19.2 Å². The number of rotatable bonds is 6. The van der Waals surface area contributed by atoms with Crippen molar-refractivity contribution >= 4 is 21.6 Å². The molecular formula is C16H16F2N2O3S. The summed E-state index contributed by atoms with van der Waals surface area (Å²) in [6, 6.07) is 11.2. The van der Waals surface area contributed by atoms with Gasteiger partial charge in [-0.05, 0) is 30.3 Å².